The van der Waals surface area contributed by atoms with Crippen LogP contribution in [0.15, 0.2) is 24.3 Å². The number of fused-ring (bicyclic) bond motifs is 4. The molecule has 1 aromatic heterocycles. The molecule has 0 bridgehead atoms. The van der Waals surface area contributed by atoms with Crippen molar-refractivity contribution in [1.29, 1.82) is 0 Å². The van der Waals surface area contributed by atoms with Crippen LogP contribution >= 0.6 is 0 Å². The molecular formula is C23H26N+. The molecule has 0 radical (unpaired) electrons. The van der Waals surface area contributed by atoms with Crippen LogP contribution in [0.3, 0.4) is 0 Å². The van der Waals surface area contributed by atoms with Crippen molar-refractivity contribution < 1.29 is 4.57 Å². The Morgan fingerprint density at radius 1 is 0.792 bits per heavy atom. The van der Waals surface area contributed by atoms with Crippen molar-refractivity contribution in [3.05, 3.63) is 63.3 Å². The van der Waals surface area contributed by atoms with Gasteiger partial charge in [-0.15, -0.1) is 0 Å². The molecule has 0 fully saturated rings. The van der Waals surface area contributed by atoms with E-state index in [0.717, 1.165) is 13.0 Å². The minimum absolute atomic E-state index is 1.08. The number of aromatic nitrogens is 1. The largest absolute Gasteiger partial charge is 0.216 e. The van der Waals surface area contributed by atoms with E-state index in [9.17, 15) is 0 Å². The molecule has 0 saturated heterocycles. The first-order valence-electron chi connectivity index (χ1n) is 8.93. The highest BCUT2D eigenvalue weighted by Gasteiger charge is 2.30. The lowest BCUT2D eigenvalue weighted by atomic mass is 9.87. The normalized spacial score (nSPS) is 13.1. The van der Waals surface area contributed by atoms with Gasteiger partial charge in [-0.05, 0) is 73.9 Å². The zero-order valence-corrected chi connectivity index (χ0v) is 15.7. The fraction of sp³-hybridized carbons (Fsp3) is 0.348. The van der Waals surface area contributed by atoms with Crippen LogP contribution in [-0.4, -0.2) is 0 Å². The molecule has 122 valence electrons. The summed E-state index contributed by atoms with van der Waals surface area (Å²) in [7, 11) is 0. The summed E-state index contributed by atoms with van der Waals surface area (Å²) in [6.45, 7) is 14.6. The zero-order chi connectivity index (χ0) is 17.2. The number of rotatable bonds is 0. The quantitative estimate of drug-likeness (QED) is 0.502. The van der Waals surface area contributed by atoms with Gasteiger partial charge in [-0.3, -0.25) is 0 Å². The first-order valence-corrected chi connectivity index (χ1v) is 8.93. The smallest absolute Gasteiger partial charge is 0.195 e. The summed E-state index contributed by atoms with van der Waals surface area (Å²) in [5, 5.41) is 2.86. The van der Waals surface area contributed by atoms with Crippen molar-refractivity contribution >= 4 is 10.8 Å². The molecule has 0 atom stereocenters. The van der Waals surface area contributed by atoms with Crippen molar-refractivity contribution in [3.63, 3.8) is 0 Å². The predicted octanol–water partition coefficient (Wildman–Crippen LogP) is 5.20. The summed E-state index contributed by atoms with van der Waals surface area (Å²) in [4.78, 5) is 0. The van der Waals surface area contributed by atoms with Crippen LogP contribution < -0.4 is 4.57 Å². The Hall–Kier alpha value is -2.15. The fourth-order valence-corrected chi connectivity index (χ4v) is 4.39. The zero-order valence-electron chi connectivity index (χ0n) is 15.7. The molecule has 0 aliphatic carbocycles. The number of pyridine rings is 1. The minimum atomic E-state index is 1.08. The summed E-state index contributed by atoms with van der Waals surface area (Å²) < 4.78 is 2.56. The topological polar surface area (TPSA) is 3.88 Å². The average Bonchev–Trinajstić information content (AvgIpc) is 2.55. The summed E-state index contributed by atoms with van der Waals surface area (Å²) in [5.41, 5.74) is 12.8. The van der Waals surface area contributed by atoms with Gasteiger partial charge in [-0.2, -0.15) is 4.57 Å². The summed E-state index contributed by atoms with van der Waals surface area (Å²) in [6, 6.07) is 9.38. The van der Waals surface area contributed by atoms with Crippen LogP contribution in [-0.2, 0) is 13.0 Å². The predicted molar refractivity (Wildman–Crippen MR) is 102 cm³/mol. The Morgan fingerprint density at radius 2 is 1.50 bits per heavy atom. The number of hydrogen-bond donors (Lipinski definition) is 0. The van der Waals surface area contributed by atoms with E-state index < -0.39 is 0 Å². The van der Waals surface area contributed by atoms with E-state index >= 15 is 0 Å². The number of benzene rings is 2. The highest BCUT2D eigenvalue weighted by molar-refractivity contribution is 5.93. The molecule has 1 aliphatic heterocycles. The van der Waals surface area contributed by atoms with Gasteiger partial charge < -0.3 is 0 Å². The SMILES string of the molecule is Cc1cc2c(cc1C)-c1c(C)c3ccc(C)c(C)c3c(C)[n+]1CC2. The lowest BCUT2D eigenvalue weighted by molar-refractivity contribution is -0.692. The first kappa shape index (κ1) is 15.4. The van der Waals surface area contributed by atoms with E-state index in [2.05, 4.69) is 70.4 Å². The van der Waals surface area contributed by atoms with Gasteiger partial charge in [0.25, 0.3) is 0 Å². The first-order chi connectivity index (χ1) is 11.4. The van der Waals surface area contributed by atoms with Gasteiger partial charge in [-0.25, -0.2) is 0 Å². The highest BCUT2D eigenvalue weighted by Crippen LogP contribution is 2.36. The summed E-state index contributed by atoms with van der Waals surface area (Å²) in [6.07, 6.45) is 1.13. The molecule has 0 N–H and O–H groups in total. The van der Waals surface area contributed by atoms with E-state index in [1.165, 1.54) is 61.1 Å². The van der Waals surface area contributed by atoms with E-state index in [-0.39, 0.29) is 0 Å². The number of nitrogens with zero attached hydrogens (tertiary/aromatic N) is 1. The molecule has 4 rings (SSSR count). The average molecular weight is 316 g/mol. The Balaban J connectivity index is 2.16. The van der Waals surface area contributed by atoms with Gasteiger partial charge in [-0.1, -0.05) is 18.2 Å². The molecular weight excluding hydrogens is 290 g/mol. The van der Waals surface area contributed by atoms with Crippen LogP contribution in [0.5, 0.6) is 0 Å². The van der Waals surface area contributed by atoms with Crippen LogP contribution in [0.4, 0.5) is 0 Å². The van der Waals surface area contributed by atoms with E-state index in [0.29, 0.717) is 0 Å². The molecule has 2 heterocycles. The van der Waals surface area contributed by atoms with Crippen molar-refractivity contribution in [2.45, 2.75) is 54.5 Å². The van der Waals surface area contributed by atoms with Gasteiger partial charge in [0, 0.05) is 18.9 Å². The van der Waals surface area contributed by atoms with Gasteiger partial charge in [0.05, 0.1) is 10.9 Å². The third kappa shape index (κ3) is 1.97. The van der Waals surface area contributed by atoms with Crippen molar-refractivity contribution in [1.82, 2.24) is 0 Å². The molecule has 1 heteroatoms. The van der Waals surface area contributed by atoms with Crippen LogP contribution in [0.2, 0.25) is 0 Å². The van der Waals surface area contributed by atoms with Gasteiger partial charge in [0.2, 0.25) is 5.69 Å². The second kappa shape index (κ2) is 5.17. The molecule has 2 aromatic carbocycles. The Bertz CT molecular complexity index is 1010. The van der Waals surface area contributed by atoms with Crippen molar-refractivity contribution in [3.8, 4) is 11.3 Å². The van der Waals surface area contributed by atoms with Crippen LogP contribution in [0.1, 0.15) is 39.1 Å². The Morgan fingerprint density at radius 3 is 2.25 bits per heavy atom. The molecule has 1 nitrogen and oxygen atoms in total. The van der Waals surface area contributed by atoms with Crippen molar-refractivity contribution in [2.24, 2.45) is 0 Å². The molecule has 0 amide bonds. The Kier molecular flexibility index (Phi) is 3.32. The molecule has 24 heavy (non-hydrogen) atoms. The lowest BCUT2D eigenvalue weighted by Crippen LogP contribution is -2.44. The summed E-state index contributed by atoms with van der Waals surface area (Å²) >= 11 is 0. The van der Waals surface area contributed by atoms with Crippen molar-refractivity contribution in [2.75, 3.05) is 0 Å². The third-order valence-electron chi connectivity index (χ3n) is 6.11. The number of aryl methyl sites for hydroxylation is 7. The van der Waals surface area contributed by atoms with Gasteiger partial charge in [0.1, 0.15) is 0 Å². The second-order valence-corrected chi connectivity index (χ2v) is 7.48. The molecule has 3 aromatic rings. The van der Waals surface area contributed by atoms with Gasteiger partial charge in [0.15, 0.2) is 12.2 Å². The monoisotopic (exact) mass is 316 g/mol. The highest BCUT2D eigenvalue weighted by atomic mass is 15.0. The molecule has 0 saturated carbocycles. The standard InChI is InChI=1S/C23H26N/c1-13-7-8-20-17(5)23-21-12-15(3)14(2)11-19(21)9-10-24(23)18(6)22(20)16(13)4/h7-8,11-12H,9-10H2,1-6H3/q+1. The van der Waals surface area contributed by atoms with E-state index in [1.807, 2.05) is 0 Å². The van der Waals surface area contributed by atoms with Crippen LogP contribution in [0.25, 0.3) is 22.0 Å². The second-order valence-electron chi connectivity index (χ2n) is 7.48. The minimum Gasteiger partial charge on any atom is -0.195 e. The molecule has 0 unspecified atom stereocenters. The third-order valence-corrected chi connectivity index (χ3v) is 6.11. The molecule has 1 aliphatic rings. The Labute approximate surface area is 145 Å². The van der Waals surface area contributed by atoms with E-state index in [4.69, 9.17) is 0 Å². The lowest BCUT2D eigenvalue weighted by Gasteiger charge is -2.22. The maximum absolute atomic E-state index is 2.56. The molecule has 0 spiro atoms. The number of hydrogen-bond acceptors (Lipinski definition) is 0. The summed E-state index contributed by atoms with van der Waals surface area (Å²) in [5.74, 6) is 0. The fourth-order valence-electron chi connectivity index (χ4n) is 4.39. The van der Waals surface area contributed by atoms with Gasteiger partial charge >= 0.3 is 0 Å². The van der Waals surface area contributed by atoms with Crippen LogP contribution in [0, 0.1) is 41.5 Å². The van der Waals surface area contributed by atoms with E-state index in [1.54, 1.807) is 0 Å². The maximum Gasteiger partial charge on any atom is 0.216 e. The maximum atomic E-state index is 2.56.